The maximum absolute atomic E-state index is 13.4. The molecule has 0 radical (unpaired) electrons. The number of likely N-dealkylation sites (N-methyl/N-ethyl adjacent to an activating group) is 1. The number of nitrogens with zero attached hydrogens (tertiary/aromatic N) is 6. The maximum Gasteiger partial charge on any atom is 0.324 e. The number of rotatable bonds is 6. The van der Waals surface area contributed by atoms with Crippen molar-refractivity contribution in [2.45, 2.75) is 62.6 Å². The molecule has 4 heterocycles. The lowest BCUT2D eigenvalue weighted by atomic mass is 9.87. The van der Waals surface area contributed by atoms with Gasteiger partial charge < -0.3 is 20.0 Å². The van der Waals surface area contributed by atoms with Crippen molar-refractivity contribution in [2.24, 2.45) is 7.05 Å². The molecule has 0 unspecified atom stereocenters. The van der Waals surface area contributed by atoms with Crippen molar-refractivity contribution < 1.29 is 14.4 Å². The van der Waals surface area contributed by atoms with Crippen molar-refractivity contribution in [1.82, 2.24) is 34.7 Å². The van der Waals surface area contributed by atoms with Gasteiger partial charge in [0.15, 0.2) is 0 Å². The number of carbonyl (C=O) groups excluding carboxylic acids is 3. The molecular weight excluding hydrogens is 640 g/mol. The first-order valence-electron chi connectivity index (χ1n) is 16.1. The van der Waals surface area contributed by atoms with Crippen LogP contribution in [0.15, 0.2) is 39.7 Å². The molecular formula is C32H43BrN8O4. The van der Waals surface area contributed by atoms with Crippen molar-refractivity contribution in [3.8, 4) is 0 Å². The molecule has 4 fully saturated rings. The number of likely N-dealkylation sites (tertiary alicyclic amines) is 1. The second kappa shape index (κ2) is 13.6. The van der Waals surface area contributed by atoms with Crippen LogP contribution in [0.5, 0.6) is 0 Å². The maximum atomic E-state index is 13.4. The Balaban J connectivity index is 0.989. The molecule has 242 valence electrons. The summed E-state index contributed by atoms with van der Waals surface area (Å²) in [6, 6.07) is 8.71. The number of benzene rings is 1. The zero-order valence-corrected chi connectivity index (χ0v) is 27.7. The number of piperazine rings is 1. The molecule has 6 rings (SSSR count). The molecule has 45 heavy (non-hydrogen) atoms. The third-order valence-electron chi connectivity index (χ3n) is 10.0. The van der Waals surface area contributed by atoms with Crippen molar-refractivity contribution in [2.75, 3.05) is 58.2 Å². The number of hydrogen-bond donors (Lipinski definition) is 2. The van der Waals surface area contributed by atoms with E-state index < -0.39 is 0 Å². The highest BCUT2D eigenvalue weighted by Crippen LogP contribution is 2.31. The van der Waals surface area contributed by atoms with E-state index in [2.05, 4.69) is 60.6 Å². The summed E-state index contributed by atoms with van der Waals surface area (Å²) in [5.41, 5.74) is 2.46. The van der Waals surface area contributed by atoms with Crippen molar-refractivity contribution in [3.63, 3.8) is 0 Å². The Kier molecular flexibility index (Phi) is 9.57. The highest BCUT2D eigenvalue weighted by Gasteiger charge is 2.35. The predicted molar refractivity (Wildman–Crippen MR) is 174 cm³/mol. The van der Waals surface area contributed by atoms with E-state index in [0.717, 1.165) is 63.8 Å². The first-order chi connectivity index (χ1) is 21.7. The van der Waals surface area contributed by atoms with E-state index in [0.29, 0.717) is 48.2 Å². The molecule has 1 aromatic heterocycles. The van der Waals surface area contributed by atoms with E-state index in [1.807, 2.05) is 21.9 Å². The summed E-state index contributed by atoms with van der Waals surface area (Å²) < 4.78 is 1.80. The van der Waals surface area contributed by atoms with Gasteiger partial charge in [0, 0.05) is 83.0 Å². The highest BCUT2D eigenvalue weighted by atomic mass is 79.9. The Bertz CT molecular complexity index is 1470. The van der Waals surface area contributed by atoms with Crippen LogP contribution in [0.1, 0.15) is 60.4 Å². The van der Waals surface area contributed by atoms with E-state index in [9.17, 15) is 19.2 Å². The average molecular weight is 684 g/mol. The number of halogens is 1. The Morgan fingerprint density at radius 3 is 2.31 bits per heavy atom. The van der Waals surface area contributed by atoms with Gasteiger partial charge in [0.25, 0.3) is 11.5 Å². The third kappa shape index (κ3) is 7.10. The van der Waals surface area contributed by atoms with Crippen LogP contribution in [0.2, 0.25) is 0 Å². The molecule has 12 nitrogen and oxygen atoms in total. The molecule has 0 spiro atoms. The van der Waals surface area contributed by atoms with Gasteiger partial charge in [-0.3, -0.25) is 24.6 Å². The number of aromatic nitrogens is 2. The molecule has 2 N–H and O–H groups in total. The molecule has 3 saturated heterocycles. The second-order valence-corrected chi connectivity index (χ2v) is 13.8. The molecule has 0 bridgehead atoms. The van der Waals surface area contributed by atoms with Crippen molar-refractivity contribution in [3.05, 3.63) is 56.4 Å². The molecule has 1 aliphatic carbocycles. The minimum absolute atomic E-state index is 0.0823. The van der Waals surface area contributed by atoms with Crippen molar-refractivity contribution in [1.29, 1.82) is 0 Å². The quantitative estimate of drug-likeness (QED) is 0.477. The lowest BCUT2D eigenvalue weighted by Crippen LogP contribution is -2.56. The van der Waals surface area contributed by atoms with Gasteiger partial charge in [-0.15, -0.1) is 0 Å². The lowest BCUT2D eigenvalue weighted by molar-refractivity contribution is -0.121. The Labute approximate surface area is 272 Å². The molecule has 1 saturated carbocycles. The first-order valence-corrected chi connectivity index (χ1v) is 16.9. The first kappa shape index (κ1) is 31.7. The molecule has 13 heteroatoms. The van der Waals surface area contributed by atoms with Gasteiger partial charge in [0.2, 0.25) is 5.91 Å². The Morgan fingerprint density at radius 2 is 1.62 bits per heavy atom. The fourth-order valence-electron chi connectivity index (χ4n) is 7.53. The van der Waals surface area contributed by atoms with Crippen LogP contribution < -0.4 is 16.2 Å². The second-order valence-electron chi connectivity index (χ2n) is 13.0. The number of piperidine rings is 1. The lowest BCUT2D eigenvalue weighted by Gasteiger charge is -2.44. The fraction of sp³-hybridized carbons (Fsp3) is 0.594. The van der Waals surface area contributed by atoms with Crippen LogP contribution in [0.25, 0.3) is 0 Å². The largest absolute Gasteiger partial charge is 0.379 e. The van der Waals surface area contributed by atoms with E-state index in [4.69, 9.17) is 0 Å². The van der Waals surface area contributed by atoms with Gasteiger partial charge in [-0.05, 0) is 78.7 Å². The van der Waals surface area contributed by atoms with E-state index in [1.54, 1.807) is 13.2 Å². The monoisotopic (exact) mass is 682 g/mol. The van der Waals surface area contributed by atoms with Crippen LogP contribution >= 0.6 is 15.9 Å². The van der Waals surface area contributed by atoms with E-state index in [-0.39, 0.29) is 35.5 Å². The summed E-state index contributed by atoms with van der Waals surface area (Å²) in [4.78, 5) is 58.1. The summed E-state index contributed by atoms with van der Waals surface area (Å²) in [6.07, 6.45) is 6.94. The average Bonchev–Trinajstić information content (AvgIpc) is 3.05. The fourth-order valence-corrected chi connectivity index (χ4v) is 8.00. The zero-order valence-electron chi connectivity index (χ0n) is 26.1. The molecule has 4 aliphatic rings. The number of carbonyl (C=O) groups is 3. The van der Waals surface area contributed by atoms with Crippen LogP contribution in [0.3, 0.4) is 0 Å². The van der Waals surface area contributed by atoms with Crippen LogP contribution in [0.4, 0.5) is 10.5 Å². The van der Waals surface area contributed by atoms with E-state index in [1.165, 1.54) is 10.2 Å². The van der Waals surface area contributed by atoms with Crippen molar-refractivity contribution >= 4 is 39.5 Å². The SMILES string of the molecule is CN1C[C@@H](Nc2cnn(C)c(=O)c2Br)C[C@@H](c2ccc(C(=O)N3CCN(C4CCC(N5CCC(=O)NC5=O)CC4)CC3)cc2)C1. The van der Waals surface area contributed by atoms with Crippen LogP contribution in [0, 0.1) is 0 Å². The van der Waals surface area contributed by atoms with Gasteiger partial charge >= 0.3 is 6.03 Å². The number of hydrogen-bond acceptors (Lipinski definition) is 8. The number of nitrogens with one attached hydrogen (secondary N) is 2. The number of aryl methyl sites for hydroxylation is 1. The summed E-state index contributed by atoms with van der Waals surface area (Å²) >= 11 is 3.42. The summed E-state index contributed by atoms with van der Waals surface area (Å²) in [5.74, 6) is 0.200. The van der Waals surface area contributed by atoms with Gasteiger partial charge in [-0.25, -0.2) is 9.48 Å². The number of anilines is 1. The van der Waals surface area contributed by atoms with Gasteiger partial charge in [0.1, 0.15) is 4.47 Å². The Morgan fingerprint density at radius 1 is 0.933 bits per heavy atom. The Hall–Kier alpha value is -3.29. The normalized spacial score (nSPS) is 26.9. The minimum Gasteiger partial charge on any atom is -0.379 e. The number of urea groups is 1. The van der Waals surface area contributed by atoms with Gasteiger partial charge in [-0.2, -0.15) is 5.10 Å². The summed E-state index contributed by atoms with van der Waals surface area (Å²) in [7, 11) is 3.74. The van der Waals surface area contributed by atoms with Crippen LogP contribution in [-0.4, -0.2) is 118 Å². The molecule has 2 aromatic rings. The number of imide groups is 1. The summed E-state index contributed by atoms with van der Waals surface area (Å²) in [5, 5.41) is 10.1. The van der Waals surface area contributed by atoms with E-state index >= 15 is 0 Å². The number of amides is 4. The van der Waals surface area contributed by atoms with Gasteiger partial charge in [0.05, 0.1) is 11.9 Å². The molecule has 3 aliphatic heterocycles. The smallest absolute Gasteiger partial charge is 0.324 e. The van der Waals surface area contributed by atoms with Crippen LogP contribution in [-0.2, 0) is 11.8 Å². The van der Waals surface area contributed by atoms with Gasteiger partial charge in [-0.1, -0.05) is 12.1 Å². The summed E-state index contributed by atoms with van der Waals surface area (Å²) in [6.45, 7) is 5.45. The molecule has 2 atom stereocenters. The standard InChI is InChI=1S/C32H43BrN8O4/c1-37-19-23(17-24(20-37)35-27-18-34-38(2)31(44)29(27)33)21-3-5-22(6-4-21)30(43)40-15-13-39(14-16-40)25-7-9-26(10-8-25)41-12-11-28(42)36-32(41)45/h3-6,18,23-26,35H,7-17,19-20H2,1-2H3,(H,36,42,45)/t23-,24+,25?,26?/m1/s1. The molecule has 4 amide bonds. The highest BCUT2D eigenvalue weighted by molar-refractivity contribution is 9.10. The zero-order chi connectivity index (χ0) is 31.7. The topological polar surface area (TPSA) is 123 Å². The molecule has 1 aromatic carbocycles. The minimum atomic E-state index is -0.245. The third-order valence-corrected chi connectivity index (χ3v) is 10.8. The predicted octanol–water partition coefficient (Wildman–Crippen LogP) is 2.45.